The summed E-state index contributed by atoms with van der Waals surface area (Å²) in [5.74, 6) is 1.81. The largest absolute Gasteiger partial charge is 0.392 e. The summed E-state index contributed by atoms with van der Waals surface area (Å²) in [4.78, 5) is 3.80. The van der Waals surface area contributed by atoms with Crippen molar-refractivity contribution in [2.75, 3.05) is 5.83 Å². The molecule has 0 fully saturated rings. The third-order valence-corrected chi connectivity index (χ3v) is 0.905. The Hall–Kier alpha value is -0.410. The normalized spacial score (nSPS) is 7.90. The average molecular weight is 204 g/mol. The second-order valence-corrected chi connectivity index (χ2v) is 1.52. The van der Waals surface area contributed by atoms with Crippen LogP contribution in [0.4, 0.5) is 0 Å². The summed E-state index contributed by atoms with van der Waals surface area (Å²) in [7, 11) is 0. The molecule has 56 valence electrons. The summed E-state index contributed by atoms with van der Waals surface area (Å²) >= 11 is 2.94. The molecule has 0 radical (unpaired) electrons. The van der Waals surface area contributed by atoms with Crippen LogP contribution in [0, 0.1) is 0 Å². The van der Waals surface area contributed by atoms with Crippen LogP contribution in [0.25, 0.3) is 0 Å². The summed E-state index contributed by atoms with van der Waals surface area (Å²) in [5, 5.41) is 8.50. The predicted molar refractivity (Wildman–Crippen MR) is 45.0 cm³/mol. The molecule has 0 aromatic carbocycles. The van der Waals surface area contributed by atoms with Crippen LogP contribution in [0.1, 0.15) is 5.56 Å². The minimum Gasteiger partial charge on any atom is -0.392 e. The van der Waals surface area contributed by atoms with Gasteiger partial charge < -0.3 is 5.11 Å². The summed E-state index contributed by atoms with van der Waals surface area (Å²) in [6, 6.07) is 3.62. The topological polar surface area (TPSA) is 33.1 Å². The molecule has 2 nitrogen and oxygen atoms in total. The number of aliphatic hydroxyl groups excluding tert-OH is 1. The van der Waals surface area contributed by atoms with Crippen molar-refractivity contribution in [1.82, 2.24) is 4.98 Å². The smallest absolute Gasteiger partial charge is 0.0696 e. The molecule has 0 aliphatic heterocycles. The van der Waals surface area contributed by atoms with Crippen LogP contribution in [-0.2, 0) is 6.61 Å². The van der Waals surface area contributed by atoms with E-state index in [0.717, 1.165) is 5.56 Å². The molecule has 0 aliphatic rings. The highest BCUT2D eigenvalue weighted by Gasteiger charge is 1.82. The zero-order chi connectivity index (χ0) is 7.82. The lowest BCUT2D eigenvalue weighted by Crippen LogP contribution is -1.80. The number of hydrogen-bond donors (Lipinski definition) is 1. The van der Waals surface area contributed by atoms with E-state index < -0.39 is 0 Å². The zero-order valence-corrected chi connectivity index (χ0v) is 7.37. The van der Waals surface area contributed by atoms with Gasteiger partial charge in [0.1, 0.15) is 0 Å². The van der Waals surface area contributed by atoms with Gasteiger partial charge in [0, 0.05) is 12.4 Å². The molecule has 1 heterocycles. The molecule has 0 saturated heterocycles. The summed E-state index contributed by atoms with van der Waals surface area (Å²) < 4.78 is 0. The van der Waals surface area contributed by atoms with Crippen molar-refractivity contribution in [3.8, 4) is 0 Å². The lowest BCUT2D eigenvalue weighted by molar-refractivity contribution is 0.281. The van der Waals surface area contributed by atoms with Gasteiger partial charge in [0.05, 0.1) is 6.61 Å². The van der Waals surface area contributed by atoms with Gasteiger partial charge in [0.2, 0.25) is 0 Å². The number of pyridine rings is 1. The van der Waals surface area contributed by atoms with Gasteiger partial charge in [-0.1, -0.05) is 22.0 Å². The Bertz CT molecular complexity index is 155. The minimum absolute atomic E-state index is 0.0772. The molecule has 10 heavy (non-hydrogen) atoms. The maximum Gasteiger partial charge on any atom is 0.0696 e. The van der Waals surface area contributed by atoms with Crippen molar-refractivity contribution >= 4 is 15.9 Å². The molecule has 3 heteroatoms. The number of alkyl halides is 1. The van der Waals surface area contributed by atoms with Crippen LogP contribution < -0.4 is 0 Å². The van der Waals surface area contributed by atoms with Gasteiger partial charge in [-0.2, -0.15) is 0 Å². The Morgan fingerprint density at radius 3 is 2.60 bits per heavy atom. The zero-order valence-electron chi connectivity index (χ0n) is 5.79. The van der Waals surface area contributed by atoms with Crippen LogP contribution in [-0.4, -0.2) is 15.9 Å². The second-order valence-electron chi connectivity index (χ2n) is 1.52. The van der Waals surface area contributed by atoms with Crippen molar-refractivity contribution in [2.24, 2.45) is 0 Å². The lowest BCUT2D eigenvalue weighted by atomic mass is 10.3. The van der Waals surface area contributed by atoms with E-state index in [2.05, 4.69) is 20.9 Å². The van der Waals surface area contributed by atoms with Crippen LogP contribution in [0.15, 0.2) is 24.5 Å². The number of aromatic nitrogens is 1. The third kappa shape index (κ3) is 3.58. The maximum atomic E-state index is 8.50. The van der Waals surface area contributed by atoms with Crippen LogP contribution in [0.5, 0.6) is 0 Å². The number of halogens is 1. The standard InChI is InChI=1S/C6H7NO.CH3Br/c8-5-6-2-1-3-7-4-6;1-2/h1-4,8H,5H2;1H3. The fourth-order valence-corrected chi connectivity index (χ4v) is 0.492. The van der Waals surface area contributed by atoms with Gasteiger partial charge in [-0.05, 0) is 17.5 Å². The molecule has 0 bridgehead atoms. The van der Waals surface area contributed by atoms with Crippen LogP contribution >= 0.6 is 15.9 Å². The van der Waals surface area contributed by atoms with E-state index in [1.807, 2.05) is 11.9 Å². The van der Waals surface area contributed by atoms with E-state index in [1.165, 1.54) is 0 Å². The molecule has 0 atom stereocenters. The first-order valence-electron chi connectivity index (χ1n) is 2.81. The highest BCUT2D eigenvalue weighted by molar-refractivity contribution is 9.08. The lowest BCUT2D eigenvalue weighted by Gasteiger charge is -1.88. The van der Waals surface area contributed by atoms with Crippen LogP contribution in [0.3, 0.4) is 0 Å². The first-order chi connectivity index (χ1) is 4.93. The Balaban J connectivity index is 0.000000371. The molecular weight excluding hydrogens is 194 g/mol. The molecule has 1 aromatic heterocycles. The molecule has 0 saturated carbocycles. The quantitative estimate of drug-likeness (QED) is 0.704. The highest BCUT2D eigenvalue weighted by Crippen LogP contribution is 1.92. The monoisotopic (exact) mass is 203 g/mol. The molecule has 0 amide bonds. The average Bonchev–Trinajstić information content (AvgIpc) is 2.10. The third-order valence-electron chi connectivity index (χ3n) is 0.905. The Morgan fingerprint density at radius 1 is 1.60 bits per heavy atom. The van der Waals surface area contributed by atoms with Crippen molar-refractivity contribution in [3.05, 3.63) is 30.1 Å². The van der Waals surface area contributed by atoms with Gasteiger partial charge in [-0.15, -0.1) is 0 Å². The Morgan fingerprint density at radius 2 is 2.30 bits per heavy atom. The number of rotatable bonds is 1. The maximum absolute atomic E-state index is 8.50. The van der Waals surface area contributed by atoms with E-state index in [1.54, 1.807) is 18.5 Å². The Kier molecular flexibility index (Phi) is 6.43. The first kappa shape index (κ1) is 9.59. The van der Waals surface area contributed by atoms with Crippen LogP contribution in [0.2, 0.25) is 0 Å². The van der Waals surface area contributed by atoms with Crippen molar-refractivity contribution in [1.29, 1.82) is 0 Å². The van der Waals surface area contributed by atoms with Crippen molar-refractivity contribution in [2.45, 2.75) is 6.61 Å². The van der Waals surface area contributed by atoms with E-state index in [9.17, 15) is 0 Å². The fraction of sp³-hybridized carbons (Fsp3) is 0.286. The Labute approximate surface area is 69.0 Å². The van der Waals surface area contributed by atoms with Gasteiger partial charge in [-0.25, -0.2) is 0 Å². The second kappa shape index (κ2) is 6.71. The van der Waals surface area contributed by atoms with E-state index in [0.29, 0.717) is 0 Å². The van der Waals surface area contributed by atoms with Gasteiger partial charge >= 0.3 is 0 Å². The molecule has 1 N–H and O–H groups in total. The van der Waals surface area contributed by atoms with Crippen molar-refractivity contribution in [3.63, 3.8) is 0 Å². The molecular formula is C7H10BrNO. The van der Waals surface area contributed by atoms with Gasteiger partial charge in [0.15, 0.2) is 0 Å². The number of nitrogens with zero attached hydrogens (tertiary/aromatic N) is 1. The molecule has 0 spiro atoms. The van der Waals surface area contributed by atoms with E-state index in [-0.39, 0.29) is 6.61 Å². The molecule has 0 aliphatic carbocycles. The molecule has 1 aromatic rings. The highest BCUT2D eigenvalue weighted by atomic mass is 79.9. The van der Waals surface area contributed by atoms with E-state index in [4.69, 9.17) is 5.11 Å². The SMILES string of the molecule is CBr.OCc1cccnc1. The number of aliphatic hydroxyl groups is 1. The summed E-state index contributed by atoms with van der Waals surface area (Å²) in [6.45, 7) is 0.0772. The summed E-state index contributed by atoms with van der Waals surface area (Å²) in [5.41, 5.74) is 0.854. The summed E-state index contributed by atoms with van der Waals surface area (Å²) in [6.07, 6.45) is 3.32. The van der Waals surface area contributed by atoms with E-state index >= 15 is 0 Å². The van der Waals surface area contributed by atoms with Gasteiger partial charge in [0.25, 0.3) is 0 Å². The minimum atomic E-state index is 0.0772. The van der Waals surface area contributed by atoms with Crippen molar-refractivity contribution < 1.29 is 5.11 Å². The first-order valence-corrected chi connectivity index (χ1v) is 4.39. The van der Waals surface area contributed by atoms with Gasteiger partial charge in [-0.3, -0.25) is 4.98 Å². The molecule has 0 unspecified atom stereocenters. The predicted octanol–water partition coefficient (Wildman–Crippen LogP) is 1.58. The fourth-order valence-electron chi connectivity index (χ4n) is 0.492. The molecule has 1 rings (SSSR count). The number of hydrogen-bond acceptors (Lipinski definition) is 2.